The quantitative estimate of drug-likeness (QED) is 0.812. The van der Waals surface area contributed by atoms with Crippen molar-refractivity contribution in [1.82, 2.24) is 9.78 Å². The summed E-state index contributed by atoms with van der Waals surface area (Å²) in [6, 6.07) is 0. The van der Waals surface area contributed by atoms with Crippen molar-refractivity contribution in [2.24, 2.45) is 7.05 Å². The Kier molecular flexibility index (Phi) is 4.04. The van der Waals surface area contributed by atoms with E-state index in [9.17, 15) is 9.00 Å². The molecule has 0 unspecified atom stereocenters. The largest absolute Gasteiger partial charge is 0.478 e. The van der Waals surface area contributed by atoms with Gasteiger partial charge < -0.3 is 10.0 Å². The van der Waals surface area contributed by atoms with Gasteiger partial charge in [-0.3, -0.25) is 8.89 Å². The summed E-state index contributed by atoms with van der Waals surface area (Å²) in [5.74, 6) is 1.21. The molecule has 1 N–H and O–H groups in total. The Balaban J connectivity index is 2.33. The number of hydrogen-bond acceptors (Lipinski definition) is 4. The number of aryl methyl sites for hydroxylation is 2. The van der Waals surface area contributed by atoms with E-state index in [2.05, 4.69) is 10.00 Å². The van der Waals surface area contributed by atoms with Crippen molar-refractivity contribution in [2.45, 2.75) is 6.92 Å². The maximum absolute atomic E-state index is 11.4. The van der Waals surface area contributed by atoms with Gasteiger partial charge in [0, 0.05) is 54.1 Å². The Hall–Kier alpha value is -1.63. The second-order valence-corrected chi connectivity index (χ2v) is 6.15. The van der Waals surface area contributed by atoms with Crippen molar-refractivity contribution >= 4 is 28.7 Å². The number of nitrogens with zero attached hydrogens (tertiary/aromatic N) is 3. The number of anilines is 1. The highest BCUT2D eigenvalue weighted by Gasteiger charge is 2.22. The van der Waals surface area contributed by atoms with Gasteiger partial charge in [-0.15, -0.1) is 0 Å². The second kappa shape index (κ2) is 5.56. The number of rotatable bonds is 3. The van der Waals surface area contributed by atoms with Crippen LogP contribution < -0.4 is 4.90 Å². The molecule has 0 spiro atoms. The molecule has 2 rings (SSSR count). The Morgan fingerprint density at radius 1 is 1.42 bits per heavy atom. The number of aromatic nitrogens is 2. The topological polar surface area (TPSA) is 75.4 Å². The van der Waals surface area contributed by atoms with E-state index in [1.807, 2.05) is 14.0 Å². The molecule has 0 bridgehead atoms. The zero-order valence-electron chi connectivity index (χ0n) is 11.0. The zero-order valence-corrected chi connectivity index (χ0v) is 11.8. The minimum Gasteiger partial charge on any atom is -0.478 e. The fraction of sp³-hybridized carbons (Fsp3) is 0.500. The lowest BCUT2D eigenvalue weighted by Crippen LogP contribution is -2.39. The summed E-state index contributed by atoms with van der Waals surface area (Å²) in [7, 11) is 1.10. The minimum atomic E-state index is -0.978. The highest BCUT2D eigenvalue weighted by Crippen LogP contribution is 2.25. The van der Waals surface area contributed by atoms with Gasteiger partial charge in [-0.1, -0.05) is 0 Å². The standard InChI is InChI=1S/C12H17N3O3S/c1-9-10(3-4-11(16)17)12(14(2)13-9)15-5-7-19(18)8-6-15/h3-4H,5-8H2,1-2H3,(H,16,17). The average molecular weight is 283 g/mol. The molecule has 7 heteroatoms. The summed E-state index contributed by atoms with van der Waals surface area (Å²) < 4.78 is 13.2. The SMILES string of the molecule is Cc1nn(C)c(N2CCS(=O)CC2)c1C=CC(=O)O. The van der Waals surface area contributed by atoms with E-state index in [1.54, 1.807) is 10.8 Å². The van der Waals surface area contributed by atoms with Crippen molar-refractivity contribution in [2.75, 3.05) is 29.5 Å². The average Bonchev–Trinajstić information content (AvgIpc) is 2.62. The van der Waals surface area contributed by atoms with Gasteiger partial charge in [0.2, 0.25) is 0 Å². The monoisotopic (exact) mass is 283 g/mol. The maximum atomic E-state index is 11.4. The fourth-order valence-electron chi connectivity index (χ4n) is 2.24. The predicted octanol–water partition coefficient (Wildman–Crippen LogP) is 0.395. The second-order valence-electron chi connectivity index (χ2n) is 4.45. The third-order valence-electron chi connectivity index (χ3n) is 3.11. The number of carboxylic acid groups (broad SMARTS) is 1. The van der Waals surface area contributed by atoms with Crippen molar-refractivity contribution in [3.8, 4) is 0 Å². The lowest BCUT2D eigenvalue weighted by Gasteiger charge is -2.28. The molecule has 0 amide bonds. The molecule has 1 aromatic heterocycles. The molecule has 0 radical (unpaired) electrons. The molecule has 1 saturated heterocycles. The molecule has 2 heterocycles. The number of carboxylic acids is 1. The highest BCUT2D eigenvalue weighted by atomic mass is 32.2. The summed E-state index contributed by atoms with van der Waals surface area (Å²) >= 11 is 0. The van der Waals surface area contributed by atoms with E-state index in [4.69, 9.17) is 5.11 Å². The lowest BCUT2D eigenvalue weighted by molar-refractivity contribution is -0.131. The van der Waals surface area contributed by atoms with E-state index >= 15 is 0 Å². The van der Waals surface area contributed by atoms with E-state index in [-0.39, 0.29) is 0 Å². The Morgan fingerprint density at radius 2 is 2.05 bits per heavy atom. The van der Waals surface area contributed by atoms with Gasteiger partial charge in [0.25, 0.3) is 0 Å². The van der Waals surface area contributed by atoms with E-state index in [0.29, 0.717) is 24.6 Å². The smallest absolute Gasteiger partial charge is 0.328 e. The van der Waals surface area contributed by atoms with Gasteiger partial charge in [0.15, 0.2) is 0 Å². The molecule has 0 aliphatic carbocycles. The van der Waals surface area contributed by atoms with Crippen LogP contribution in [0.5, 0.6) is 0 Å². The van der Waals surface area contributed by atoms with Crippen molar-refractivity contribution in [1.29, 1.82) is 0 Å². The molecule has 0 aromatic carbocycles. The lowest BCUT2D eigenvalue weighted by atomic mass is 10.2. The molecule has 1 aliphatic heterocycles. The van der Waals surface area contributed by atoms with Crippen LogP contribution >= 0.6 is 0 Å². The van der Waals surface area contributed by atoms with Crippen LogP contribution in [0.25, 0.3) is 6.08 Å². The van der Waals surface area contributed by atoms with Gasteiger partial charge in [-0.05, 0) is 13.0 Å². The van der Waals surface area contributed by atoms with E-state index in [1.165, 1.54) is 0 Å². The number of aliphatic carboxylic acids is 1. The molecule has 19 heavy (non-hydrogen) atoms. The van der Waals surface area contributed by atoms with Crippen LogP contribution in [0.2, 0.25) is 0 Å². The predicted molar refractivity (Wildman–Crippen MR) is 74.7 cm³/mol. The molecular weight excluding hydrogens is 266 g/mol. The first kappa shape index (κ1) is 13.8. The molecule has 1 fully saturated rings. The van der Waals surface area contributed by atoms with Crippen molar-refractivity contribution in [3.05, 3.63) is 17.3 Å². The molecule has 1 aliphatic rings. The summed E-state index contributed by atoms with van der Waals surface area (Å²) in [6.45, 7) is 3.27. The maximum Gasteiger partial charge on any atom is 0.328 e. The number of carbonyl (C=O) groups is 1. The van der Waals surface area contributed by atoms with Crippen molar-refractivity contribution < 1.29 is 14.1 Å². The Morgan fingerprint density at radius 3 is 2.63 bits per heavy atom. The highest BCUT2D eigenvalue weighted by molar-refractivity contribution is 7.85. The minimum absolute atomic E-state index is 0.645. The summed E-state index contributed by atoms with van der Waals surface area (Å²) in [5.41, 5.74) is 1.61. The normalized spacial score (nSPS) is 17.3. The van der Waals surface area contributed by atoms with Crippen LogP contribution in [-0.2, 0) is 22.6 Å². The first-order valence-corrected chi connectivity index (χ1v) is 7.52. The van der Waals surface area contributed by atoms with Crippen LogP contribution in [0.15, 0.2) is 6.08 Å². The van der Waals surface area contributed by atoms with E-state index in [0.717, 1.165) is 23.2 Å². The van der Waals surface area contributed by atoms with Gasteiger partial charge in [0.1, 0.15) is 5.82 Å². The Labute approximate surface area is 114 Å². The summed E-state index contributed by atoms with van der Waals surface area (Å²) in [4.78, 5) is 12.8. The van der Waals surface area contributed by atoms with Crippen LogP contribution in [-0.4, -0.2) is 49.7 Å². The van der Waals surface area contributed by atoms with Gasteiger partial charge >= 0.3 is 5.97 Å². The summed E-state index contributed by atoms with van der Waals surface area (Å²) in [5, 5.41) is 13.1. The third-order valence-corrected chi connectivity index (χ3v) is 4.38. The van der Waals surface area contributed by atoms with Crippen LogP contribution in [0.1, 0.15) is 11.3 Å². The third kappa shape index (κ3) is 3.04. The van der Waals surface area contributed by atoms with Crippen molar-refractivity contribution in [3.63, 3.8) is 0 Å². The molecule has 104 valence electrons. The molecule has 6 nitrogen and oxygen atoms in total. The first-order chi connectivity index (χ1) is 8.99. The van der Waals surface area contributed by atoms with Crippen LogP contribution in [0, 0.1) is 6.92 Å². The van der Waals surface area contributed by atoms with Crippen LogP contribution in [0.3, 0.4) is 0 Å². The molecule has 0 atom stereocenters. The van der Waals surface area contributed by atoms with Gasteiger partial charge in [0.05, 0.1) is 5.69 Å². The number of hydrogen-bond donors (Lipinski definition) is 1. The van der Waals surface area contributed by atoms with Gasteiger partial charge in [-0.25, -0.2) is 4.79 Å². The molecular formula is C12H17N3O3S. The first-order valence-electron chi connectivity index (χ1n) is 6.03. The van der Waals surface area contributed by atoms with Gasteiger partial charge in [-0.2, -0.15) is 5.10 Å². The fourth-order valence-corrected chi connectivity index (χ4v) is 3.29. The summed E-state index contributed by atoms with van der Waals surface area (Å²) in [6.07, 6.45) is 2.70. The zero-order chi connectivity index (χ0) is 14.0. The van der Waals surface area contributed by atoms with Crippen LogP contribution in [0.4, 0.5) is 5.82 Å². The molecule has 1 aromatic rings. The Bertz CT molecular complexity index is 541. The van der Waals surface area contributed by atoms with E-state index < -0.39 is 16.8 Å². The molecule has 0 saturated carbocycles.